The Labute approximate surface area is 80.5 Å². The lowest BCUT2D eigenvalue weighted by Gasteiger charge is -2.33. The molecular weight excluding hydrogens is 164 g/mol. The summed E-state index contributed by atoms with van der Waals surface area (Å²) in [6.45, 7) is 4.71. The Hall–Kier alpha value is -0.380. The van der Waals surface area contributed by atoms with E-state index >= 15 is 0 Å². The molecule has 1 rings (SSSR count). The summed E-state index contributed by atoms with van der Waals surface area (Å²) in [6, 6.07) is 0.685. The first-order chi connectivity index (χ1) is 6.27. The van der Waals surface area contributed by atoms with Gasteiger partial charge in [-0.2, -0.15) is 0 Å². The highest BCUT2D eigenvalue weighted by Gasteiger charge is 2.23. The number of hydrogen-bond donors (Lipinski definition) is 1. The molecule has 0 aliphatic heterocycles. The van der Waals surface area contributed by atoms with Crippen LogP contribution < -0.4 is 5.90 Å². The molecule has 0 heterocycles. The van der Waals surface area contributed by atoms with Gasteiger partial charge < -0.3 is 4.84 Å². The van der Waals surface area contributed by atoms with Crippen LogP contribution in [0.3, 0.4) is 0 Å². The summed E-state index contributed by atoms with van der Waals surface area (Å²) in [7, 11) is 2.15. The zero-order valence-electron chi connectivity index (χ0n) is 8.41. The van der Waals surface area contributed by atoms with Crippen molar-refractivity contribution in [2.45, 2.75) is 37.8 Å². The van der Waals surface area contributed by atoms with Crippen molar-refractivity contribution in [3.05, 3.63) is 12.7 Å². The molecule has 0 bridgehead atoms. The van der Waals surface area contributed by atoms with E-state index in [0.29, 0.717) is 6.04 Å². The number of nitrogens with two attached hydrogens (primary N) is 1. The van der Waals surface area contributed by atoms with Crippen LogP contribution in [0.2, 0.25) is 0 Å². The van der Waals surface area contributed by atoms with Gasteiger partial charge in [-0.15, -0.1) is 6.58 Å². The van der Waals surface area contributed by atoms with Crippen LogP contribution in [0.25, 0.3) is 0 Å². The third-order valence-electron chi connectivity index (χ3n) is 2.88. The molecule has 13 heavy (non-hydrogen) atoms. The Morgan fingerprint density at radius 1 is 1.46 bits per heavy atom. The zero-order valence-corrected chi connectivity index (χ0v) is 8.41. The van der Waals surface area contributed by atoms with Crippen LogP contribution >= 0.6 is 0 Å². The van der Waals surface area contributed by atoms with Gasteiger partial charge in [0.15, 0.2) is 0 Å². The van der Waals surface area contributed by atoms with Gasteiger partial charge in [0.2, 0.25) is 0 Å². The predicted molar refractivity (Wildman–Crippen MR) is 54.1 cm³/mol. The van der Waals surface area contributed by atoms with Crippen LogP contribution in [-0.4, -0.2) is 30.6 Å². The van der Waals surface area contributed by atoms with Crippen molar-refractivity contribution in [3.8, 4) is 0 Å². The van der Waals surface area contributed by atoms with Crippen LogP contribution in [0.4, 0.5) is 0 Å². The second-order valence-corrected chi connectivity index (χ2v) is 3.79. The molecule has 76 valence electrons. The van der Waals surface area contributed by atoms with Gasteiger partial charge in [0.25, 0.3) is 0 Å². The standard InChI is InChI=1S/C10H20N2O/c1-3-8-12(2)9-4-6-10(13-11)7-5-9/h3,9-10H,1,4-8,11H2,2H3. The number of nitrogens with zero attached hydrogens (tertiary/aromatic N) is 1. The van der Waals surface area contributed by atoms with E-state index in [9.17, 15) is 0 Å². The fourth-order valence-corrected chi connectivity index (χ4v) is 1.97. The second-order valence-electron chi connectivity index (χ2n) is 3.79. The lowest BCUT2D eigenvalue weighted by Crippen LogP contribution is -2.37. The Morgan fingerprint density at radius 3 is 2.54 bits per heavy atom. The van der Waals surface area contributed by atoms with Gasteiger partial charge in [-0.1, -0.05) is 6.08 Å². The molecule has 0 aromatic carbocycles. The first-order valence-corrected chi connectivity index (χ1v) is 4.94. The molecule has 0 aromatic rings. The van der Waals surface area contributed by atoms with E-state index in [-0.39, 0.29) is 6.10 Å². The van der Waals surface area contributed by atoms with E-state index < -0.39 is 0 Å². The zero-order chi connectivity index (χ0) is 9.68. The van der Waals surface area contributed by atoms with Gasteiger partial charge in [0.05, 0.1) is 6.10 Å². The van der Waals surface area contributed by atoms with Gasteiger partial charge >= 0.3 is 0 Å². The maximum atomic E-state index is 5.15. The molecule has 0 aromatic heterocycles. The van der Waals surface area contributed by atoms with Crippen LogP contribution in [0.15, 0.2) is 12.7 Å². The Kier molecular flexibility index (Phi) is 4.42. The van der Waals surface area contributed by atoms with Gasteiger partial charge in [-0.25, -0.2) is 5.90 Å². The summed E-state index contributed by atoms with van der Waals surface area (Å²) in [5.74, 6) is 5.15. The fraction of sp³-hybridized carbons (Fsp3) is 0.800. The second kappa shape index (κ2) is 5.37. The van der Waals surface area contributed by atoms with Gasteiger partial charge in [0.1, 0.15) is 0 Å². The molecular formula is C10H20N2O. The van der Waals surface area contributed by atoms with Crippen molar-refractivity contribution in [2.75, 3.05) is 13.6 Å². The normalized spacial score (nSPS) is 29.2. The third kappa shape index (κ3) is 3.10. The van der Waals surface area contributed by atoms with E-state index in [4.69, 9.17) is 10.7 Å². The number of rotatable bonds is 4. The summed E-state index contributed by atoms with van der Waals surface area (Å²) < 4.78 is 0. The molecule has 0 amide bonds. The monoisotopic (exact) mass is 184 g/mol. The van der Waals surface area contributed by atoms with Crippen molar-refractivity contribution in [1.82, 2.24) is 4.90 Å². The van der Waals surface area contributed by atoms with Crippen molar-refractivity contribution < 1.29 is 4.84 Å². The van der Waals surface area contributed by atoms with Gasteiger partial charge in [-0.3, -0.25) is 4.90 Å². The van der Waals surface area contributed by atoms with E-state index in [0.717, 1.165) is 19.4 Å². The van der Waals surface area contributed by atoms with Crippen LogP contribution in [-0.2, 0) is 4.84 Å². The fourth-order valence-electron chi connectivity index (χ4n) is 1.97. The molecule has 1 aliphatic rings. The minimum atomic E-state index is 0.286. The smallest absolute Gasteiger partial charge is 0.0788 e. The molecule has 0 radical (unpaired) electrons. The molecule has 0 unspecified atom stereocenters. The average Bonchev–Trinajstić information content (AvgIpc) is 2.18. The maximum Gasteiger partial charge on any atom is 0.0788 e. The van der Waals surface area contributed by atoms with E-state index in [2.05, 4.69) is 18.5 Å². The summed E-state index contributed by atoms with van der Waals surface area (Å²) in [4.78, 5) is 7.19. The summed E-state index contributed by atoms with van der Waals surface area (Å²) in [6.07, 6.45) is 6.78. The SMILES string of the molecule is C=CCN(C)C1CCC(ON)CC1. The first kappa shape index (κ1) is 10.7. The van der Waals surface area contributed by atoms with Crippen molar-refractivity contribution in [1.29, 1.82) is 0 Å². The van der Waals surface area contributed by atoms with Crippen LogP contribution in [0.1, 0.15) is 25.7 Å². The Bertz CT molecular complexity index is 153. The van der Waals surface area contributed by atoms with Crippen LogP contribution in [0.5, 0.6) is 0 Å². The summed E-state index contributed by atoms with van der Waals surface area (Å²) in [5.41, 5.74) is 0. The van der Waals surface area contributed by atoms with E-state index in [1.54, 1.807) is 0 Å². The van der Waals surface area contributed by atoms with Crippen LogP contribution in [0, 0.1) is 0 Å². The lowest BCUT2D eigenvalue weighted by atomic mass is 9.92. The molecule has 0 spiro atoms. The Morgan fingerprint density at radius 2 is 2.08 bits per heavy atom. The summed E-state index contributed by atoms with van der Waals surface area (Å²) >= 11 is 0. The highest BCUT2D eigenvalue weighted by Crippen LogP contribution is 2.23. The third-order valence-corrected chi connectivity index (χ3v) is 2.88. The minimum Gasteiger partial charge on any atom is -0.301 e. The average molecular weight is 184 g/mol. The molecule has 0 atom stereocenters. The first-order valence-electron chi connectivity index (χ1n) is 4.94. The van der Waals surface area contributed by atoms with Crippen molar-refractivity contribution in [2.24, 2.45) is 5.90 Å². The largest absolute Gasteiger partial charge is 0.301 e. The highest BCUT2D eigenvalue weighted by atomic mass is 16.6. The minimum absolute atomic E-state index is 0.286. The topological polar surface area (TPSA) is 38.5 Å². The molecule has 3 heteroatoms. The summed E-state index contributed by atoms with van der Waals surface area (Å²) in [5, 5.41) is 0. The maximum absolute atomic E-state index is 5.15. The quantitative estimate of drug-likeness (QED) is 0.529. The molecule has 2 N–H and O–H groups in total. The van der Waals surface area contributed by atoms with Gasteiger partial charge in [-0.05, 0) is 32.7 Å². The van der Waals surface area contributed by atoms with E-state index in [1.165, 1.54) is 12.8 Å². The number of likely N-dealkylation sites (N-methyl/N-ethyl adjacent to an activating group) is 1. The highest BCUT2D eigenvalue weighted by molar-refractivity contribution is 4.81. The molecule has 1 aliphatic carbocycles. The molecule has 1 saturated carbocycles. The Balaban J connectivity index is 2.27. The number of hydrogen-bond acceptors (Lipinski definition) is 3. The predicted octanol–water partition coefficient (Wildman–Crippen LogP) is 1.31. The van der Waals surface area contributed by atoms with Gasteiger partial charge in [0, 0.05) is 12.6 Å². The van der Waals surface area contributed by atoms with Crippen molar-refractivity contribution in [3.63, 3.8) is 0 Å². The van der Waals surface area contributed by atoms with E-state index in [1.807, 2.05) is 6.08 Å². The van der Waals surface area contributed by atoms with Crippen molar-refractivity contribution >= 4 is 0 Å². The lowest BCUT2D eigenvalue weighted by molar-refractivity contribution is 0.0109. The molecule has 0 saturated heterocycles. The molecule has 3 nitrogen and oxygen atoms in total. The molecule has 1 fully saturated rings.